The first-order valence-electron chi connectivity index (χ1n) is 7.88. The average molecular weight is 415 g/mol. The monoisotopic (exact) mass is 414 g/mol. The molecule has 2 atom stereocenters. The van der Waals surface area contributed by atoms with E-state index in [-0.39, 0.29) is 0 Å². The summed E-state index contributed by atoms with van der Waals surface area (Å²) in [5, 5.41) is 4.05. The van der Waals surface area contributed by atoms with Gasteiger partial charge in [0.15, 0.2) is 0 Å². The van der Waals surface area contributed by atoms with E-state index in [1.54, 1.807) is 0 Å². The molecule has 0 saturated carbocycles. The Labute approximate surface area is 163 Å². The van der Waals surface area contributed by atoms with Crippen LogP contribution in [0.3, 0.4) is 0 Å². The maximum Gasteiger partial charge on any atom is 0.125 e. The zero-order valence-electron chi connectivity index (χ0n) is 13.5. The fourth-order valence-electron chi connectivity index (χ4n) is 2.81. The molecule has 2 nitrogen and oxygen atoms in total. The molecule has 0 aromatic heterocycles. The van der Waals surface area contributed by atoms with Gasteiger partial charge in [-0.3, -0.25) is 0 Å². The molecule has 0 N–H and O–H groups in total. The molecule has 6 heteroatoms. The Morgan fingerprint density at radius 3 is 1.35 bits per heavy atom. The highest BCUT2D eigenvalue weighted by Gasteiger charge is 2.14. The van der Waals surface area contributed by atoms with Gasteiger partial charge in [0, 0.05) is 19.7 Å². The van der Waals surface area contributed by atoms with Crippen LogP contribution in [0.25, 0.3) is 21.5 Å². The van der Waals surface area contributed by atoms with Crippen molar-refractivity contribution in [1.29, 1.82) is 0 Å². The summed E-state index contributed by atoms with van der Waals surface area (Å²) in [6.45, 7) is 0. The lowest BCUT2D eigenvalue weighted by atomic mass is 10.1. The quantitative estimate of drug-likeness (QED) is 0.368. The Hall–Kier alpha value is -1.60. The van der Waals surface area contributed by atoms with Gasteiger partial charge in [-0.15, -0.1) is 0 Å². The van der Waals surface area contributed by atoms with Gasteiger partial charge in [-0.2, -0.15) is 0 Å². The van der Waals surface area contributed by atoms with Crippen LogP contribution in [0.1, 0.15) is 0 Å². The number of hydrogen-bond donors (Lipinski definition) is 0. The molecule has 0 amide bonds. The predicted octanol–water partition coefficient (Wildman–Crippen LogP) is 6.12. The molecule has 0 heterocycles. The highest BCUT2D eigenvalue weighted by atomic mass is 33.7. The third-order valence-corrected chi connectivity index (χ3v) is 12.0. The maximum absolute atomic E-state index is 12.8. The van der Waals surface area contributed by atoms with E-state index in [9.17, 15) is 8.42 Å². The van der Waals surface area contributed by atoms with E-state index in [4.69, 9.17) is 0 Å². The van der Waals surface area contributed by atoms with Crippen LogP contribution in [0.2, 0.25) is 0 Å². The molecular weight excluding hydrogens is 400 g/mol. The van der Waals surface area contributed by atoms with E-state index in [2.05, 4.69) is 0 Å². The normalized spacial score (nSPS) is 13.7. The van der Waals surface area contributed by atoms with Gasteiger partial charge in [-0.1, -0.05) is 72.8 Å². The molecular formula is C20H14O2S4. The van der Waals surface area contributed by atoms with Crippen LogP contribution in [0.5, 0.6) is 0 Å². The topological polar surface area (TPSA) is 34.1 Å². The summed E-state index contributed by atoms with van der Waals surface area (Å²) in [6, 6.07) is 27.3. The standard InChI is InChI=1S/C20H14O2S4/c21-25(19-13-5-9-15-7-1-3-11-17(15)19)23-24-26(22)20-14-6-10-16-8-2-4-12-18(16)20/h1-14H. The summed E-state index contributed by atoms with van der Waals surface area (Å²) in [5.41, 5.74) is 0. The number of fused-ring (bicyclic) bond motifs is 2. The Bertz CT molecular complexity index is 1040. The second kappa shape index (κ2) is 7.96. The average Bonchev–Trinajstić information content (AvgIpc) is 2.71. The zero-order chi connectivity index (χ0) is 17.9. The molecule has 0 saturated heterocycles. The molecule has 0 aliphatic carbocycles. The summed E-state index contributed by atoms with van der Waals surface area (Å²) in [7, 11) is -0.310. The van der Waals surface area contributed by atoms with E-state index in [0.29, 0.717) is 0 Å². The van der Waals surface area contributed by atoms with Gasteiger partial charge in [0.25, 0.3) is 0 Å². The van der Waals surface area contributed by atoms with Crippen molar-refractivity contribution >= 4 is 60.9 Å². The van der Waals surface area contributed by atoms with Crippen LogP contribution >= 0.6 is 19.7 Å². The van der Waals surface area contributed by atoms with Gasteiger partial charge < -0.3 is 0 Å². The smallest absolute Gasteiger partial charge is 0.125 e. The molecule has 4 aromatic rings. The predicted molar refractivity (Wildman–Crippen MR) is 116 cm³/mol. The van der Waals surface area contributed by atoms with Crippen molar-refractivity contribution in [1.82, 2.24) is 0 Å². The lowest BCUT2D eigenvalue weighted by Crippen LogP contribution is -1.89. The van der Waals surface area contributed by atoms with Crippen LogP contribution < -0.4 is 0 Å². The third-order valence-electron chi connectivity index (χ3n) is 4.01. The van der Waals surface area contributed by atoms with Crippen molar-refractivity contribution < 1.29 is 8.42 Å². The molecule has 0 fully saturated rings. The molecule has 0 bridgehead atoms. The summed E-state index contributed by atoms with van der Waals surface area (Å²) >= 11 is 0. The van der Waals surface area contributed by atoms with Crippen LogP contribution in [0.15, 0.2) is 94.7 Å². The largest absolute Gasteiger partial charge is 0.242 e. The van der Waals surface area contributed by atoms with E-state index in [1.807, 2.05) is 84.9 Å². The first-order chi connectivity index (χ1) is 12.7. The Balaban J connectivity index is 1.56. The minimum Gasteiger partial charge on any atom is -0.242 e. The van der Waals surface area contributed by atoms with Crippen molar-refractivity contribution in [2.75, 3.05) is 0 Å². The molecule has 4 rings (SSSR count). The van der Waals surface area contributed by atoms with Crippen molar-refractivity contribution in [3.8, 4) is 0 Å². The summed E-state index contributed by atoms with van der Waals surface area (Å²) in [6.07, 6.45) is 0. The minimum atomic E-state index is -1.30. The number of benzene rings is 4. The molecule has 0 spiro atoms. The first kappa shape index (κ1) is 17.8. The van der Waals surface area contributed by atoms with Crippen molar-refractivity contribution in [3.05, 3.63) is 84.9 Å². The summed E-state index contributed by atoms with van der Waals surface area (Å²) < 4.78 is 25.6. The Kier molecular flexibility index (Phi) is 5.45. The van der Waals surface area contributed by atoms with Crippen LogP contribution in [-0.4, -0.2) is 8.42 Å². The summed E-state index contributed by atoms with van der Waals surface area (Å²) in [4.78, 5) is 1.52. The van der Waals surface area contributed by atoms with Gasteiger partial charge >= 0.3 is 0 Å². The van der Waals surface area contributed by atoms with Crippen LogP contribution in [-0.2, 0) is 19.7 Å². The fourth-order valence-corrected chi connectivity index (χ4v) is 10.7. The van der Waals surface area contributed by atoms with Crippen LogP contribution in [0.4, 0.5) is 0 Å². The third kappa shape index (κ3) is 3.60. The fraction of sp³-hybridized carbons (Fsp3) is 0. The van der Waals surface area contributed by atoms with Gasteiger partial charge in [0.1, 0.15) is 19.7 Å². The number of hydrogen-bond acceptors (Lipinski definition) is 4. The van der Waals surface area contributed by atoms with Gasteiger partial charge in [-0.05, 0) is 33.7 Å². The van der Waals surface area contributed by atoms with E-state index >= 15 is 0 Å². The molecule has 0 radical (unpaired) electrons. The van der Waals surface area contributed by atoms with Gasteiger partial charge in [0.2, 0.25) is 0 Å². The van der Waals surface area contributed by atoms with Gasteiger partial charge in [0.05, 0.1) is 9.79 Å². The molecule has 26 heavy (non-hydrogen) atoms. The zero-order valence-corrected chi connectivity index (χ0v) is 16.8. The van der Waals surface area contributed by atoms with Crippen molar-refractivity contribution in [3.63, 3.8) is 0 Å². The minimum absolute atomic E-state index is 0.760. The second-order valence-electron chi connectivity index (χ2n) is 5.56. The SMILES string of the molecule is O=S(SSS(=O)c1cccc2ccccc12)c1cccc2ccccc12. The Morgan fingerprint density at radius 1 is 0.500 bits per heavy atom. The first-order valence-corrected chi connectivity index (χ1v) is 13.4. The highest BCUT2D eigenvalue weighted by Crippen LogP contribution is 2.39. The van der Waals surface area contributed by atoms with Crippen LogP contribution in [0, 0.1) is 0 Å². The molecule has 0 aliphatic heterocycles. The van der Waals surface area contributed by atoms with E-state index < -0.39 is 19.7 Å². The van der Waals surface area contributed by atoms with E-state index in [1.165, 1.54) is 0 Å². The lowest BCUT2D eigenvalue weighted by molar-refractivity contribution is 0.691. The molecule has 0 aliphatic rings. The highest BCUT2D eigenvalue weighted by molar-refractivity contribution is 9.21. The summed E-state index contributed by atoms with van der Waals surface area (Å²) in [5.74, 6) is 0. The lowest BCUT2D eigenvalue weighted by Gasteiger charge is -2.07. The molecule has 4 aromatic carbocycles. The Morgan fingerprint density at radius 2 is 0.885 bits per heavy atom. The molecule has 2 unspecified atom stereocenters. The molecule has 130 valence electrons. The van der Waals surface area contributed by atoms with Crippen molar-refractivity contribution in [2.45, 2.75) is 9.79 Å². The van der Waals surface area contributed by atoms with Gasteiger partial charge in [-0.25, -0.2) is 8.42 Å². The van der Waals surface area contributed by atoms with Crippen molar-refractivity contribution in [2.24, 2.45) is 0 Å². The van der Waals surface area contributed by atoms with E-state index in [0.717, 1.165) is 51.0 Å². The second-order valence-corrected chi connectivity index (χ2v) is 12.7. The maximum atomic E-state index is 12.8. The number of rotatable bonds is 5.